The molecule has 1 aliphatic rings. The molecule has 7 nitrogen and oxygen atoms in total. The molecule has 0 unspecified atom stereocenters. The van der Waals surface area contributed by atoms with Crippen molar-refractivity contribution in [2.45, 2.75) is 18.9 Å². The van der Waals surface area contributed by atoms with Crippen LogP contribution in [0.3, 0.4) is 0 Å². The normalized spacial score (nSPS) is 15.4. The van der Waals surface area contributed by atoms with Crippen LogP contribution in [-0.2, 0) is 0 Å². The Morgan fingerprint density at radius 1 is 1.08 bits per heavy atom. The molecule has 1 atom stereocenters. The van der Waals surface area contributed by atoms with E-state index in [2.05, 4.69) is 4.98 Å². The molecule has 1 fully saturated rings. The molecule has 5 rings (SSSR count). The number of carboxylic acid groups (broad SMARTS) is 1. The highest BCUT2D eigenvalue weighted by Crippen LogP contribution is 2.32. The van der Waals surface area contributed by atoms with Crippen LogP contribution in [0.15, 0.2) is 65.7 Å². The molecule has 1 N–H and O–H groups in total. The third kappa shape index (κ3) is 4.26. The molecule has 3 heterocycles. The van der Waals surface area contributed by atoms with Gasteiger partial charge in [-0.1, -0.05) is 6.07 Å². The standard InChI is InChI=1S/C26H20F3N3O4/c27-19-7-6-15(10-20(19)28)32-13-18(26(34)35)25(33)17-11-21(29)23(12-22(17)32)31-9-3-4-16(31)14-36-24-5-1-2-8-30-24/h1-2,5-8,10-13,16H,3-4,9,14H2,(H,34,35)/t16-/m1/s1. The van der Waals surface area contributed by atoms with Crippen molar-refractivity contribution in [1.29, 1.82) is 0 Å². The van der Waals surface area contributed by atoms with Crippen LogP contribution >= 0.6 is 0 Å². The van der Waals surface area contributed by atoms with E-state index in [-0.39, 0.29) is 34.9 Å². The van der Waals surface area contributed by atoms with Crippen molar-refractivity contribution in [2.75, 3.05) is 18.1 Å². The number of nitrogens with zero attached hydrogens (tertiary/aromatic N) is 3. The van der Waals surface area contributed by atoms with E-state index in [0.717, 1.165) is 37.2 Å². The Balaban J connectivity index is 1.62. The van der Waals surface area contributed by atoms with Crippen LogP contribution in [0.4, 0.5) is 18.9 Å². The molecule has 0 bridgehead atoms. The van der Waals surface area contributed by atoms with E-state index in [9.17, 15) is 23.5 Å². The predicted octanol–water partition coefficient (Wildman–Crippen LogP) is 4.55. The smallest absolute Gasteiger partial charge is 0.341 e. The molecule has 4 aromatic rings. The van der Waals surface area contributed by atoms with Gasteiger partial charge >= 0.3 is 5.97 Å². The van der Waals surface area contributed by atoms with Gasteiger partial charge in [0.2, 0.25) is 11.3 Å². The zero-order chi connectivity index (χ0) is 25.4. The maximum absolute atomic E-state index is 15.4. The minimum atomic E-state index is -1.52. The van der Waals surface area contributed by atoms with Crippen LogP contribution in [-0.4, -0.2) is 39.8 Å². The number of benzene rings is 2. The topological polar surface area (TPSA) is 84.7 Å². The predicted molar refractivity (Wildman–Crippen MR) is 126 cm³/mol. The number of aromatic nitrogens is 2. The highest BCUT2D eigenvalue weighted by atomic mass is 19.2. The fourth-order valence-electron chi connectivity index (χ4n) is 4.50. The summed E-state index contributed by atoms with van der Waals surface area (Å²) >= 11 is 0. The molecule has 0 amide bonds. The van der Waals surface area contributed by atoms with E-state index >= 15 is 4.39 Å². The van der Waals surface area contributed by atoms with Crippen molar-refractivity contribution < 1.29 is 27.8 Å². The lowest BCUT2D eigenvalue weighted by molar-refractivity contribution is 0.0695. The summed E-state index contributed by atoms with van der Waals surface area (Å²) in [5, 5.41) is 9.32. The van der Waals surface area contributed by atoms with Gasteiger partial charge in [0.05, 0.1) is 17.2 Å². The first-order chi connectivity index (χ1) is 17.3. The summed E-state index contributed by atoms with van der Waals surface area (Å²) in [5.74, 6) is -4.01. The van der Waals surface area contributed by atoms with Gasteiger partial charge in [-0.3, -0.25) is 4.79 Å². The van der Waals surface area contributed by atoms with Gasteiger partial charge in [-0.2, -0.15) is 0 Å². The Hall–Kier alpha value is -4.34. The fraction of sp³-hybridized carbons (Fsp3) is 0.192. The number of aromatic carboxylic acids is 1. The first-order valence-electron chi connectivity index (χ1n) is 11.2. The minimum absolute atomic E-state index is 0.0791. The van der Waals surface area contributed by atoms with Crippen LogP contribution in [0.5, 0.6) is 5.88 Å². The Morgan fingerprint density at radius 3 is 2.64 bits per heavy atom. The lowest BCUT2D eigenvalue weighted by atomic mass is 10.1. The lowest BCUT2D eigenvalue weighted by Gasteiger charge is -2.27. The van der Waals surface area contributed by atoms with Crippen LogP contribution in [0.2, 0.25) is 0 Å². The zero-order valence-electron chi connectivity index (χ0n) is 18.8. The molecular weight excluding hydrogens is 475 g/mol. The largest absolute Gasteiger partial charge is 0.477 e. The molecule has 1 aliphatic heterocycles. The molecule has 0 radical (unpaired) electrons. The van der Waals surface area contributed by atoms with Crippen molar-refractivity contribution in [3.05, 3.63) is 94.2 Å². The number of anilines is 1. The Bertz CT molecular complexity index is 1520. The molecule has 2 aromatic carbocycles. The van der Waals surface area contributed by atoms with Crippen LogP contribution in [0.1, 0.15) is 23.2 Å². The van der Waals surface area contributed by atoms with Crippen molar-refractivity contribution in [3.8, 4) is 11.6 Å². The molecule has 0 spiro atoms. The fourth-order valence-corrected chi connectivity index (χ4v) is 4.50. The molecule has 0 saturated carbocycles. The summed E-state index contributed by atoms with van der Waals surface area (Å²) in [6.07, 6.45) is 4.15. The number of pyridine rings is 2. The molecule has 10 heteroatoms. The van der Waals surface area contributed by atoms with E-state index in [1.54, 1.807) is 24.4 Å². The second kappa shape index (κ2) is 9.37. The zero-order valence-corrected chi connectivity index (χ0v) is 18.8. The van der Waals surface area contributed by atoms with Gasteiger partial charge in [0.1, 0.15) is 18.0 Å². The van der Waals surface area contributed by atoms with Crippen LogP contribution in [0, 0.1) is 17.5 Å². The third-order valence-electron chi connectivity index (χ3n) is 6.23. The van der Waals surface area contributed by atoms with Gasteiger partial charge in [-0.05, 0) is 43.2 Å². The first-order valence-corrected chi connectivity index (χ1v) is 11.2. The van der Waals surface area contributed by atoms with Crippen molar-refractivity contribution in [1.82, 2.24) is 9.55 Å². The number of carboxylic acids is 1. The number of halogens is 3. The Morgan fingerprint density at radius 2 is 1.92 bits per heavy atom. The number of rotatable bonds is 6. The third-order valence-corrected chi connectivity index (χ3v) is 6.23. The van der Waals surface area contributed by atoms with Gasteiger partial charge in [0.15, 0.2) is 11.6 Å². The average molecular weight is 495 g/mol. The van der Waals surface area contributed by atoms with Crippen molar-refractivity contribution in [2.24, 2.45) is 0 Å². The van der Waals surface area contributed by atoms with E-state index in [1.165, 1.54) is 16.7 Å². The summed E-state index contributed by atoms with van der Waals surface area (Å²) in [4.78, 5) is 30.5. The number of ether oxygens (including phenoxy) is 1. The van der Waals surface area contributed by atoms with Crippen LogP contribution < -0.4 is 15.1 Å². The SMILES string of the molecule is O=C(O)c1cn(-c2ccc(F)c(F)c2)c2cc(N3CCC[C@@H]3COc3ccccn3)c(F)cc2c1=O. The number of hydrogen-bond acceptors (Lipinski definition) is 5. The summed E-state index contributed by atoms with van der Waals surface area (Å²) in [6, 6.07) is 10.5. The summed E-state index contributed by atoms with van der Waals surface area (Å²) in [6.45, 7) is 0.781. The van der Waals surface area contributed by atoms with Crippen molar-refractivity contribution in [3.63, 3.8) is 0 Å². The second-order valence-corrected chi connectivity index (χ2v) is 8.43. The van der Waals surface area contributed by atoms with E-state index in [1.807, 2.05) is 4.90 Å². The average Bonchev–Trinajstić information content (AvgIpc) is 3.33. The van der Waals surface area contributed by atoms with Gasteiger partial charge in [0.25, 0.3) is 0 Å². The number of fused-ring (bicyclic) bond motifs is 1. The number of hydrogen-bond donors (Lipinski definition) is 1. The summed E-state index contributed by atoms with van der Waals surface area (Å²) in [5.41, 5.74) is -1.08. The van der Waals surface area contributed by atoms with E-state index in [0.29, 0.717) is 12.4 Å². The van der Waals surface area contributed by atoms with Gasteiger partial charge in [-0.25, -0.2) is 22.9 Å². The monoisotopic (exact) mass is 495 g/mol. The maximum atomic E-state index is 15.4. The van der Waals surface area contributed by atoms with E-state index < -0.39 is 34.4 Å². The highest BCUT2D eigenvalue weighted by Gasteiger charge is 2.29. The Kier molecular flexibility index (Phi) is 6.09. The molecule has 0 aliphatic carbocycles. The molecule has 2 aromatic heterocycles. The molecule has 1 saturated heterocycles. The van der Waals surface area contributed by atoms with Gasteiger partial charge < -0.3 is 19.3 Å². The molecular formula is C26H20F3N3O4. The second-order valence-electron chi connectivity index (χ2n) is 8.43. The quantitative estimate of drug-likeness (QED) is 0.423. The van der Waals surface area contributed by atoms with E-state index in [4.69, 9.17) is 4.74 Å². The lowest BCUT2D eigenvalue weighted by Crippen LogP contribution is -2.35. The highest BCUT2D eigenvalue weighted by molar-refractivity contribution is 5.94. The minimum Gasteiger partial charge on any atom is -0.477 e. The first kappa shape index (κ1) is 23.4. The van der Waals surface area contributed by atoms with Crippen molar-refractivity contribution >= 4 is 22.6 Å². The van der Waals surface area contributed by atoms with Gasteiger partial charge in [-0.15, -0.1) is 0 Å². The number of carbonyl (C=O) groups is 1. The summed E-state index contributed by atoms with van der Waals surface area (Å²) in [7, 11) is 0. The van der Waals surface area contributed by atoms with Gasteiger partial charge in [0, 0.05) is 42.1 Å². The molecule has 184 valence electrons. The summed E-state index contributed by atoms with van der Waals surface area (Å²) < 4.78 is 50.0. The maximum Gasteiger partial charge on any atom is 0.341 e. The van der Waals surface area contributed by atoms with Crippen LogP contribution in [0.25, 0.3) is 16.6 Å². The molecule has 36 heavy (non-hydrogen) atoms. The Labute approximate surface area is 203 Å².